The number of nitrogens with one attached hydrogen (secondary N) is 6. The van der Waals surface area contributed by atoms with Crippen molar-refractivity contribution in [2.75, 3.05) is 39.3 Å². The van der Waals surface area contributed by atoms with Gasteiger partial charge in [0, 0.05) is 39.3 Å². The first kappa shape index (κ1) is 43.8. The maximum atomic E-state index is 4.59. The van der Waals surface area contributed by atoms with Gasteiger partial charge < -0.3 is 181 Å². The van der Waals surface area contributed by atoms with E-state index in [0.29, 0.717) is 65.2 Å². The maximum absolute atomic E-state index is 4.59. The van der Waals surface area contributed by atoms with E-state index in [9.17, 15) is 0 Å². The minimum atomic E-state index is 0. The zero-order valence-corrected chi connectivity index (χ0v) is 28.4. The molecular weight excluding hydrogens is 667 g/mol. The Morgan fingerprint density at radius 3 is 0.500 bits per heavy atom. The molecule has 32 heavy (non-hydrogen) atoms. The summed E-state index contributed by atoms with van der Waals surface area (Å²) < 4.78 is 2.23. The number of hydrogen-bond acceptors (Lipinski definition) is 12. The smallest absolute Gasteiger partial charge is 0.412 e. The van der Waals surface area contributed by atoms with E-state index in [1.165, 1.54) is 0 Å². The number of hydrogen-bond donors (Lipinski definition) is 6. The molecule has 0 saturated heterocycles. The summed E-state index contributed by atoms with van der Waals surface area (Å²) in [5.74, 6) is 0. The van der Waals surface area contributed by atoms with Crippen molar-refractivity contribution < 1.29 is 0 Å². The molecule has 0 unspecified atom stereocenters. The molecule has 0 heterocycles. The summed E-state index contributed by atoms with van der Waals surface area (Å²) in [7, 11) is 0. The van der Waals surface area contributed by atoms with Crippen LogP contribution in [0.1, 0.15) is 0 Å². The van der Waals surface area contributed by atoms with Crippen LogP contribution in [0.25, 0.3) is 0 Å². The number of rotatable bonds is 9. The monoisotopic (exact) mass is 684 g/mol. The van der Waals surface area contributed by atoms with Gasteiger partial charge in [-0.2, -0.15) is 0 Å². The van der Waals surface area contributed by atoms with Crippen LogP contribution >= 0.6 is 73.3 Å². The van der Waals surface area contributed by atoms with Gasteiger partial charge in [0.1, 0.15) is 0 Å². The third kappa shape index (κ3) is 58.0. The molecule has 0 rings (SSSR count). The van der Waals surface area contributed by atoms with Crippen molar-refractivity contribution in [1.29, 1.82) is 0 Å². The second-order valence-electron chi connectivity index (χ2n) is 4.29. The molecule has 0 aliphatic heterocycles. The van der Waals surface area contributed by atoms with Gasteiger partial charge in [0.05, 0.1) is 0 Å². The average molecular weight is 685 g/mol. The summed E-state index contributed by atoms with van der Waals surface area (Å²) >= 11 is 55.1. The molecule has 0 spiro atoms. The van der Waals surface area contributed by atoms with E-state index in [1.54, 1.807) is 0 Å². The zero-order valence-electron chi connectivity index (χ0n) is 16.3. The fraction of sp³-hybridized carbons (Fsp3) is 0.500. The predicted molar refractivity (Wildman–Crippen MR) is 179 cm³/mol. The van der Waals surface area contributed by atoms with Crippen molar-refractivity contribution in [3.8, 4) is 0 Å². The van der Waals surface area contributed by atoms with Gasteiger partial charge in [-0.25, -0.2) is 0 Å². The van der Waals surface area contributed by atoms with Crippen LogP contribution in [-0.2, 0) is 75.8 Å². The summed E-state index contributed by atoms with van der Waals surface area (Å²) in [4.78, 5) is 0. The van der Waals surface area contributed by atoms with Crippen LogP contribution in [0.2, 0.25) is 0 Å². The molecule has 20 heteroatoms. The van der Waals surface area contributed by atoms with Crippen molar-refractivity contribution in [2.45, 2.75) is 0 Å². The van der Waals surface area contributed by atoms with E-state index in [1.807, 2.05) is 0 Å². The fourth-order valence-corrected chi connectivity index (χ4v) is 2.21. The van der Waals surface area contributed by atoms with E-state index in [0.717, 1.165) is 0 Å². The average Bonchev–Trinajstić information content (AvgIpc) is 2.60. The molecule has 0 amide bonds. The minimum absolute atomic E-state index is 0. The van der Waals surface area contributed by atoms with Crippen molar-refractivity contribution in [3.05, 3.63) is 0 Å². The van der Waals surface area contributed by atoms with Crippen molar-refractivity contribution >= 4 is 210 Å². The van der Waals surface area contributed by atoms with Crippen LogP contribution in [0.4, 0.5) is 0 Å². The molecule has 0 aromatic carbocycles. The molecule has 174 valence electrons. The van der Waals surface area contributed by atoms with Gasteiger partial charge in [-0.05, 0) is 0 Å². The Morgan fingerprint density at radius 2 is 0.438 bits per heavy atom. The second-order valence-corrected chi connectivity index (χ2v) is 10.7. The topological polar surface area (TPSA) is 72.2 Å². The number of thiocarbonyl (C=S) groups is 6. The molecule has 6 N–H and O–H groups in total. The zero-order chi connectivity index (χ0) is 23.9. The Labute approximate surface area is 277 Å². The summed E-state index contributed by atoms with van der Waals surface area (Å²) in [6.45, 7) is 3.99. The molecule has 0 atom stereocenters. The summed E-state index contributed by atoms with van der Waals surface area (Å²) in [6, 6.07) is 0. The van der Waals surface area contributed by atoms with Crippen LogP contribution in [0.15, 0.2) is 0 Å². The van der Waals surface area contributed by atoms with E-state index < -0.39 is 0 Å². The Morgan fingerprint density at radius 1 is 0.344 bits per heavy atom. The van der Waals surface area contributed by atoms with Gasteiger partial charge in [0.25, 0.3) is 0 Å². The quantitative estimate of drug-likeness (QED) is 0.0757. The molecule has 0 aliphatic carbocycles. The normalized spacial score (nSPS) is 7.88. The maximum Gasteiger partial charge on any atom is 3.00 e. The van der Waals surface area contributed by atoms with Crippen molar-refractivity contribution in [1.82, 2.24) is 31.9 Å². The Hall–Kier alpha value is 1.72. The van der Waals surface area contributed by atoms with E-state index in [-0.39, 0.29) is 34.7 Å². The van der Waals surface area contributed by atoms with Gasteiger partial charge in [0.2, 0.25) is 0 Å². The van der Waals surface area contributed by atoms with Crippen LogP contribution in [-0.4, -0.2) is 99.9 Å². The molecule has 0 saturated carbocycles. The van der Waals surface area contributed by atoms with E-state index in [4.69, 9.17) is 0 Å². The standard InChI is InChI=1S/3C4H8N2S4.2Al/c3*7-3(8)5-1-2-6-4(9)10;;/h3*1-2H2,(H2,5,7,8)(H2,6,9,10);;/q;;;2*+3/p-6. The van der Waals surface area contributed by atoms with Gasteiger partial charge >= 0.3 is 34.7 Å². The molecule has 0 fully saturated rings. The summed E-state index contributed by atoms with van der Waals surface area (Å²) in [5, 5.41) is 16.7. The second kappa shape index (κ2) is 32.7. The van der Waals surface area contributed by atoms with Gasteiger partial charge in [0.15, 0.2) is 0 Å². The Kier molecular flexibility index (Phi) is 44.8. The predicted octanol–water partition coefficient (Wildman–Crippen LogP) is -1.27. The molecule has 0 bridgehead atoms. The molecule has 0 aliphatic rings. The first-order valence-electron chi connectivity index (χ1n) is 7.57. The van der Waals surface area contributed by atoms with Crippen LogP contribution in [0.3, 0.4) is 0 Å². The first-order chi connectivity index (χ1) is 13.9. The molecule has 6 nitrogen and oxygen atoms in total. The van der Waals surface area contributed by atoms with E-state index >= 15 is 0 Å². The van der Waals surface area contributed by atoms with Crippen LogP contribution in [0, 0.1) is 0 Å². The van der Waals surface area contributed by atoms with Crippen LogP contribution < -0.4 is 31.9 Å². The molecule has 0 aromatic heterocycles. The van der Waals surface area contributed by atoms with Gasteiger partial charge in [-0.1, -0.05) is 25.9 Å². The van der Waals surface area contributed by atoms with Crippen molar-refractivity contribution in [2.24, 2.45) is 0 Å². The van der Waals surface area contributed by atoms with E-state index in [2.05, 4.69) is 181 Å². The minimum Gasteiger partial charge on any atom is -0.412 e. The SMILES string of the molecule is S=C([S-])NCCNC(=S)[S-].S=C([S-])NCCNC(=S)[S-].S=C([S-])NCCNC(=S)[S-].[Al+3].[Al+3]. The molecular formula is C12H18Al2N6S12. The fourth-order valence-electron chi connectivity index (χ4n) is 0.987. The van der Waals surface area contributed by atoms with Gasteiger partial charge in [-0.15, -0.1) is 0 Å². The Balaban J connectivity index is -0.000000110. The molecule has 0 radical (unpaired) electrons. The summed E-state index contributed by atoms with van der Waals surface area (Å²) in [5.41, 5.74) is 0. The Bertz CT molecular complexity index is 445. The van der Waals surface area contributed by atoms with Crippen LogP contribution in [0.5, 0.6) is 0 Å². The largest absolute Gasteiger partial charge is 3.00 e. The summed E-state index contributed by atoms with van der Waals surface area (Å²) in [6.07, 6.45) is 0. The van der Waals surface area contributed by atoms with Gasteiger partial charge in [-0.3, -0.25) is 0 Å². The molecule has 0 aromatic rings. The third-order valence-electron chi connectivity index (χ3n) is 1.99. The third-order valence-corrected chi connectivity index (χ3v) is 3.72. The van der Waals surface area contributed by atoms with Crippen molar-refractivity contribution in [3.63, 3.8) is 0 Å². The first-order valence-corrected chi connectivity index (χ1v) is 12.5.